The van der Waals surface area contributed by atoms with E-state index in [9.17, 15) is 4.39 Å². The van der Waals surface area contributed by atoms with Crippen molar-refractivity contribution in [3.8, 4) is 5.75 Å². The predicted molar refractivity (Wildman–Crippen MR) is 78.0 cm³/mol. The van der Waals surface area contributed by atoms with Crippen LogP contribution in [-0.4, -0.2) is 12.1 Å². The van der Waals surface area contributed by atoms with E-state index in [1.165, 1.54) is 6.07 Å². The third-order valence-electron chi connectivity index (χ3n) is 3.09. The quantitative estimate of drug-likeness (QED) is 0.775. The Morgan fingerprint density at radius 3 is 2.60 bits per heavy atom. The average molecular weight is 268 g/mol. The topological polar surface area (TPSA) is 34.1 Å². The van der Waals surface area contributed by atoms with Gasteiger partial charge in [0.2, 0.25) is 0 Å². The van der Waals surface area contributed by atoms with E-state index in [-0.39, 0.29) is 5.82 Å². The summed E-state index contributed by atoms with van der Waals surface area (Å²) in [4.78, 5) is 4.08. The second-order valence-corrected chi connectivity index (χ2v) is 4.35. The molecule has 2 aromatic carbocycles. The van der Waals surface area contributed by atoms with Crippen molar-refractivity contribution in [3.63, 3.8) is 0 Å². The third kappa shape index (κ3) is 2.28. The molecule has 1 heterocycles. The second-order valence-electron chi connectivity index (χ2n) is 4.35. The minimum Gasteiger partial charge on any atom is -0.497 e. The van der Waals surface area contributed by atoms with Crippen molar-refractivity contribution in [1.29, 1.82) is 0 Å². The summed E-state index contributed by atoms with van der Waals surface area (Å²) in [6.07, 6.45) is 1.59. The fourth-order valence-corrected chi connectivity index (χ4v) is 2.08. The molecule has 0 radical (unpaired) electrons. The van der Waals surface area contributed by atoms with Gasteiger partial charge in [-0.1, -0.05) is 12.1 Å². The molecule has 100 valence electrons. The number of nitrogens with one attached hydrogen (secondary N) is 1. The largest absolute Gasteiger partial charge is 0.497 e. The summed E-state index contributed by atoms with van der Waals surface area (Å²) in [5, 5.41) is 4.02. The maximum absolute atomic E-state index is 13.7. The highest BCUT2D eigenvalue weighted by molar-refractivity contribution is 5.93. The number of pyridine rings is 1. The van der Waals surface area contributed by atoms with Crippen LogP contribution in [0.3, 0.4) is 0 Å². The zero-order valence-electron chi connectivity index (χ0n) is 10.9. The molecule has 1 aromatic heterocycles. The van der Waals surface area contributed by atoms with Crippen LogP contribution in [0.25, 0.3) is 10.9 Å². The van der Waals surface area contributed by atoms with Crippen LogP contribution >= 0.6 is 0 Å². The van der Waals surface area contributed by atoms with E-state index in [0.717, 1.165) is 22.5 Å². The first-order chi connectivity index (χ1) is 9.78. The molecule has 0 spiro atoms. The minimum absolute atomic E-state index is 0.319. The number of hydrogen-bond acceptors (Lipinski definition) is 3. The molecule has 0 fully saturated rings. The summed E-state index contributed by atoms with van der Waals surface area (Å²) < 4.78 is 18.8. The number of aromatic nitrogens is 1. The van der Waals surface area contributed by atoms with Gasteiger partial charge in [0, 0.05) is 23.0 Å². The summed E-state index contributed by atoms with van der Waals surface area (Å²) >= 11 is 0. The lowest BCUT2D eigenvalue weighted by molar-refractivity contribution is 0.415. The van der Waals surface area contributed by atoms with Crippen LogP contribution < -0.4 is 10.1 Å². The molecule has 0 aliphatic carbocycles. The molecule has 3 aromatic rings. The number of benzene rings is 2. The molecule has 0 aliphatic rings. The smallest absolute Gasteiger partial charge is 0.149 e. The van der Waals surface area contributed by atoms with E-state index < -0.39 is 0 Å². The van der Waals surface area contributed by atoms with Gasteiger partial charge >= 0.3 is 0 Å². The number of anilines is 2. The molecule has 3 rings (SSSR count). The molecule has 1 N–H and O–H groups in total. The Morgan fingerprint density at radius 2 is 1.85 bits per heavy atom. The van der Waals surface area contributed by atoms with Crippen molar-refractivity contribution in [2.75, 3.05) is 12.4 Å². The molecule has 20 heavy (non-hydrogen) atoms. The normalized spacial score (nSPS) is 10.5. The van der Waals surface area contributed by atoms with Crippen LogP contribution in [0.15, 0.2) is 54.7 Å². The SMILES string of the molecule is COc1ccc(Nc2ccnc3c(F)cccc23)cc1. The van der Waals surface area contributed by atoms with Crippen molar-refractivity contribution in [1.82, 2.24) is 4.98 Å². The van der Waals surface area contributed by atoms with Crippen molar-refractivity contribution < 1.29 is 9.13 Å². The van der Waals surface area contributed by atoms with E-state index in [2.05, 4.69) is 10.3 Å². The van der Waals surface area contributed by atoms with Gasteiger partial charge in [-0.2, -0.15) is 0 Å². The number of fused-ring (bicyclic) bond motifs is 1. The minimum atomic E-state index is -0.319. The molecule has 0 aliphatic heterocycles. The van der Waals surface area contributed by atoms with Gasteiger partial charge in [-0.15, -0.1) is 0 Å². The molecule has 0 saturated carbocycles. The van der Waals surface area contributed by atoms with Crippen LogP contribution in [-0.2, 0) is 0 Å². The zero-order valence-corrected chi connectivity index (χ0v) is 10.9. The Hall–Kier alpha value is -2.62. The first-order valence-corrected chi connectivity index (χ1v) is 6.22. The maximum atomic E-state index is 13.7. The number of ether oxygens (including phenoxy) is 1. The van der Waals surface area contributed by atoms with Crippen molar-refractivity contribution >= 4 is 22.3 Å². The van der Waals surface area contributed by atoms with Crippen molar-refractivity contribution in [3.05, 3.63) is 60.5 Å². The van der Waals surface area contributed by atoms with Crippen LogP contribution in [0.4, 0.5) is 15.8 Å². The zero-order chi connectivity index (χ0) is 13.9. The number of nitrogens with zero attached hydrogens (tertiary/aromatic N) is 1. The summed E-state index contributed by atoms with van der Waals surface area (Å²) in [5.74, 6) is 0.474. The van der Waals surface area contributed by atoms with Crippen molar-refractivity contribution in [2.45, 2.75) is 0 Å². The molecule has 4 heteroatoms. The van der Waals surface area contributed by atoms with Crippen LogP contribution in [0.2, 0.25) is 0 Å². The number of rotatable bonds is 3. The molecule has 0 amide bonds. The van der Waals surface area contributed by atoms with Gasteiger partial charge in [-0.3, -0.25) is 4.98 Å². The lowest BCUT2D eigenvalue weighted by atomic mass is 10.1. The first-order valence-electron chi connectivity index (χ1n) is 6.22. The Morgan fingerprint density at radius 1 is 1.05 bits per heavy atom. The van der Waals surface area contributed by atoms with Gasteiger partial charge in [-0.05, 0) is 36.4 Å². The predicted octanol–water partition coefficient (Wildman–Crippen LogP) is 4.13. The standard InChI is InChI=1S/C16H13FN2O/c1-20-12-7-5-11(6-8-12)19-15-9-10-18-16-13(15)3-2-4-14(16)17/h2-10H,1H3,(H,18,19). The molecule has 3 nitrogen and oxygen atoms in total. The summed E-state index contributed by atoms with van der Waals surface area (Å²) in [6.45, 7) is 0. The van der Waals surface area contributed by atoms with Gasteiger partial charge in [0.15, 0.2) is 0 Å². The molecule has 0 atom stereocenters. The fourth-order valence-electron chi connectivity index (χ4n) is 2.08. The molecular weight excluding hydrogens is 255 g/mol. The Kier molecular flexibility index (Phi) is 3.21. The summed E-state index contributed by atoms with van der Waals surface area (Å²) in [7, 11) is 1.63. The Bertz CT molecular complexity index is 741. The van der Waals surface area contributed by atoms with Gasteiger partial charge in [-0.25, -0.2) is 4.39 Å². The van der Waals surface area contributed by atoms with E-state index in [0.29, 0.717) is 5.52 Å². The third-order valence-corrected chi connectivity index (χ3v) is 3.09. The maximum Gasteiger partial charge on any atom is 0.149 e. The molecular formula is C16H13FN2O. The monoisotopic (exact) mass is 268 g/mol. The van der Waals surface area contributed by atoms with Crippen LogP contribution in [0, 0.1) is 5.82 Å². The first kappa shape index (κ1) is 12.4. The van der Waals surface area contributed by atoms with E-state index >= 15 is 0 Å². The highest BCUT2D eigenvalue weighted by Crippen LogP contribution is 2.27. The number of methoxy groups -OCH3 is 1. The van der Waals surface area contributed by atoms with Gasteiger partial charge in [0.1, 0.15) is 17.1 Å². The lowest BCUT2D eigenvalue weighted by Gasteiger charge is -2.10. The lowest BCUT2D eigenvalue weighted by Crippen LogP contribution is -1.94. The van der Waals surface area contributed by atoms with E-state index in [1.807, 2.05) is 36.4 Å². The average Bonchev–Trinajstić information content (AvgIpc) is 2.49. The number of hydrogen-bond donors (Lipinski definition) is 1. The molecule has 0 unspecified atom stereocenters. The van der Waals surface area contributed by atoms with E-state index in [4.69, 9.17) is 4.74 Å². The number of halogens is 1. The number of para-hydroxylation sites is 1. The van der Waals surface area contributed by atoms with Gasteiger partial charge < -0.3 is 10.1 Å². The summed E-state index contributed by atoms with van der Waals surface area (Å²) in [5.41, 5.74) is 2.09. The Labute approximate surface area is 116 Å². The highest BCUT2D eigenvalue weighted by atomic mass is 19.1. The summed E-state index contributed by atoms with van der Waals surface area (Å²) in [6, 6.07) is 14.3. The van der Waals surface area contributed by atoms with Crippen LogP contribution in [0.1, 0.15) is 0 Å². The van der Waals surface area contributed by atoms with Crippen LogP contribution in [0.5, 0.6) is 5.75 Å². The van der Waals surface area contributed by atoms with Gasteiger partial charge in [0.25, 0.3) is 0 Å². The molecule has 0 bridgehead atoms. The fraction of sp³-hybridized carbons (Fsp3) is 0.0625. The second kappa shape index (κ2) is 5.17. The Balaban J connectivity index is 1.99. The van der Waals surface area contributed by atoms with Gasteiger partial charge in [0.05, 0.1) is 7.11 Å². The van der Waals surface area contributed by atoms with Crippen molar-refractivity contribution in [2.24, 2.45) is 0 Å². The molecule has 0 saturated heterocycles. The van der Waals surface area contributed by atoms with E-state index in [1.54, 1.807) is 19.4 Å². The highest BCUT2D eigenvalue weighted by Gasteiger charge is 2.06.